The molecule has 2 heterocycles. The van der Waals surface area contributed by atoms with Gasteiger partial charge in [0.25, 0.3) is 5.91 Å². The van der Waals surface area contributed by atoms with E-state index in [0.29, 0.717) is 30.8 Å². The van der Waals surface area contributed by atoms with Gasteiger partial charge in [0, 0.05) is 24.8 Å². The van der Waals surface area contributed by atoms with E-state index >= 15 is 0 Å². The number of rotatable bonds is 5. The fourth-order valence-electron chi connectivity index (χ4n) is 3.04. The average molecular weight is 356 g/mol. The van der Waals surface area contributed by atoms with Crippen molar-refractivity contribution in [3.8, 4) is 0 Å². The van der Waals surface area contributed by atoms with E-state index in [4.69, 9.17) is 5.11 Å². The van der Waals surface area contributed by atoms with Crippen LogP contribution in [0, 0.1) is 5.92 Å². The van der Waals surface area contributed by atoms with Gasteiger partial charge in [0.1, 0.15) is 6.54 Å². The molecule has 1 aliphatic rings. The SMILES string of the molecule is O=C(O)Cn1cc(NC(=O)C2CCCN(C(=O)c3ccccc3)C2)cn1. The molecule has 1 aromatic carbocycles. The van der Waals surface area contributed by atoms with Gasteiger partial charge in [-0.15, -0.1) is 0 Å². The number of carbonyl (C=O) groups excluding carboxylic acids is 2. The Labute approximate surface area is 150 Å². The van der Waals surface area contributed by atoms with Crippen molar-refractivity contribution in [2.45, 2.75) is 19.4 Å². The van der Waals surface area contributed by atoms with Gasteiger partial charge in [0.05, 0.1) is 17.8 Å². The Morgan fingerprint density at radius 2 is 2.00 bits per heavy atom. The molecule has 1 unspecified atom stereocenters. The van der Waals surface area contributed by atoms with Gasteiger partial charge in [-0.05, 0) is 25.0 Å². The predicted octanol–water partition coefficient (Wildman–Crippen LogP) is 1.46. The number of nitrogens with zero attached hydrogens (tertiary/aromatic N) is 3. The van der Waals surface area contributed by atoms with Gasteiger partial charge < -0.3 is 15.3 Å². The van der Waals surface area contributed by atoms with E-state index in [2.05, 4.69) is 10.4 Å². The first-order chi connectivity index (χ1) is 12.5. The number of carboxylic acid groups (broad SMARTS) is 1. The van der Waals surface area contributed by atoms with Crippen molar-refractivity contribution in [2.24, 2.45) is 5.92 Å². The molecule has 2 amide bonds. The van der Waals surface area contributed by atoms with Gasteiger partial charge >= 0.3 is 5.97 Å². The zero-order chi connectivity index (χ0) is 18.5. The summed E-state index contributed by atoms with van der Waals surface area (Å²) in [6.45, 7) is 0.732. The number of piperidine rings is 1. The molecule has 1 aromatic heterocycles. The summed E-state index contributed by atoms with van der Waals surface area (Å²) in [7, 11) is 0. The fourth-order valence-corrected chi connectivity index (χ4v) is 3.04. The van der Waals surface area contributed by atoms with Crippen LogP contribution in [0.25, 0.3) is 0 Å². The second-order valence-electron chi connectivity index (χ2n) is 6.27. The lowest BCUT2D eigenvalue weighted by atomic mass is 9.96. The summed E-state index contributed by atoms with van der Waals surface area (Å²) in [6, 6.07) is 9.02. The lowest BCUT2D eigenvalue weighted by Crippen LogP contribution is -2.43. The topological polar surface area (TPSA) is 105 Å². The van der Waals surface area contributed by atoms with E-state index in [0.717, 1.165) is 6.42 Å². The van der Waals surface area contributed by atoms with Crippen LogP contribution in [0.5, 0.6) is 0 Å². The molecule has 26 heavy (non-hydrogen) atoms. The summed E-state index contributed by atoms with van der Waals surface area (Å²) in [5.41, 5.74) is 1.06. The minimum atomic E-state index is -1.01. The molecule has 1 fully saturated rings. The molecular weight excluding hydrogens is 336 g/mol. The van der Waals surface area contributed by atoms with E-state index in [1.165, 1.54) is 17.1 Å². The van der Waals surface area contributed by atoms with Crippen molar-refractivity contribution in [1.29, 1.82) is 0 Å². The van der Waals surface area contributed by atoms with Crippen molar-refractivity contribution in [1.82, 2.24) is 14.7 Å². The van der Waals surface area contributed by atoms with Crippen LogP contribution in [0.2, 0.25) is 0 Å². The lowest BCUT2D eigenvalue weighted by Gasteiger charge is -2.32. The van der Waals surface area contributed by atoms with Crippen molar-refractivity contribution >= 4 is 23.5 Å². The van der Waals surface area contributed by atoms with Crippen molar-refractivity contribution in [3.05, 3.63) is 48.3 Å². The van der Waals surface area contributed by atoms with Crippen LogP contribution in [-0.2, 0) is 16.1 Å². The van der Waals surface area contributed by atoms with Crippen molar-refractivity contribution in [2.75, 3.05) is 18.4 Å². The van der Waals surface area contributed by atoms with Crippen LogP contribution < -0.4 is 5.32 Å². The molecule has 0 bridgehead atoms. The van der Waals surface area contributed by atoms with Gasteiger partial charge in [0.15, 0.2) is 0 Å². The Bertz CT molecular complexity index is 803. The smallest absolute Gasteiger partial charge is 0.325 e. The van der Waals surface area contributed by atoms with E-state index in [1.54, 1.807) is 17.0 Å². The predicted molar refractivity (Wildman–Crippen MR) is 93.6 cm³/mol. The Kier molecular flexibility index (Phi) is 5.31. The van der Waals surface area contributed by atoms with Gasteiger partial charge in [-0.3, -0.25) is 19.1 Å². The number of hydrogen-bond donors (Lipinski definition) is 2. The average Bonchev–Trinajstić information content (AvgIpc) is 3.08. The highest BCUT2D eigenvalue weighted by molar-refractivity contribution is 5.96. The first-order valence-corrected chi connectivity index (χ1v) is 8.42. The third kappa shape index (κ3) is 4.27. The van der Waals surface area contributed by atoms with E-state index in [1.807, 2.05) is 18.2 Å². The molecule has 3 rings (SSSR count). The van der Waals surface area contributed by atoms with Crippen LogP contribution in [0.4, 0.5) is 5.69 Å². The number of amides is 2. The number of aromatic nitrogens is 2. The second-order valence-corrected chi connectivity index (χ2v) is 6.27. The number of carboxylic acids is 1. The standard InChI is InChI=1S/C18H20N4O4/c23-16(24)12-22-11-15(9-19-22)20-17(25)14-7-4-8-21(10-14)18(26)13-5-2-1-3-6-13/h1-3,5-6,9,11,14H,4,7-8,10,12H2,(H,20,25)(H,23,24). The molecule has 0 radical (unpaired) electrons. The van der Waals surface area contributed by atoms with Gasteiger partial charge in [0.2, 0.25) is 5.91 Å². The highest BCUT2D eigenvalue weighted by Crippen LogP contribution is 2.20. The summed E-state index contributed by atoms with van der Waals surface area (Å²) in [4.78, 5) is 37.4. The maximum atomic E-state index is 12.6. The van der Waals surface area contributed by atoms with Crippen molar-refractivity contribution < 1.29 is 19.5 Å². The van der Waals surface area contributed by atoms with Crippen molar-refractivity contribution in [3.63, 3.8) is 0 Å². The number of aliphatic carboxylic acids is 1. The second kappa shape index (κ2) is 7.81. The van der Waals surface area contributed by atoms with Gasteiger partial charge in [-0.2, -0.15) is 5.10 Å². The molecule has 8 nitrogen and oxygen atoms in total. The molecule has 1 aliphatic heterocycles. The van der Waals surface area contributed by atoms with Crippen LogP contribution in [0.1, 0.15) is 23.2 Å². The summed E-state index contributed by atoms with van der Waals surface area (Å²) in [5.74, 6) is -1.57. The first-order valence-electron chi connectivity index (χ1n) is 8.42. The van der Waals surface area contributed by atoms with Crippen LogP contribution in [0.15, 0.2) is 42.7 Å². The lowest BCUT2D eigenvalue weighted by molar-refractivity contribution is -0.137. The molecule has 0 aliphatic carbocycles. The summed E-state index contributed by atoms with van der Waals surface area (Å²) < 4.78 is 1.24. The Morgan fingerprint density at radius 1 is 1.23 bits per heavy atom. The molecule has 2 aromatic rings. The minimum absolute atomic E-state index is 0.0719. The number of anilines is 1. The van der Waals surface area contributed by atoms with Crippen LogP contribution in [-0.4, -0.2) is 50.7 Å². The monoisotopic (exact) mass is 356 g/mol. The molecule has 0 saturated carbocycles. The third-order valence-corrected chi connectivity index (χ3v) is 4.30. The summed E-state index contributed by atoms with van der Waals surface area (Å²) >= 11 is 0. The maximum absolute atomic E-state index is 12.6. The third-order valence-electron chi connectivity index (χ3n) is 4.30. The maximum Gasteiger partial charge on any atom is 0.325 e. The number of carbonyl (C=O) groups is 3. The summed E-state index contributed by atoms with van der Waals surface area (Å²) in [5, 5.41) is 15.4. The van der Waals surface area contributed by atoms with Crippen LogP contribution >= 0.6 is 0 Å². The van der Waals surface area contributed by atoms with E-state index in [9.17, 15) is 14.4 Å². The molecule has 136 valence electrons. The quantitative estimate of drug-likeness (QED) is 0.844. The molecule has 8 heteroatoms. The minimum Gasteiger partial charge on any atom is -0.480 e. The number of nitrogens with one attached hydrogen (secondary N) is 1. The Morgan fingerprint density at radius 3 is 2.73 bits per heavy atom. The first kappa shape index (κ1) is 17.7. The normalized spacial score (nSPS) is 16.9. The fraction of sp³-hybridized carbons (Fsp3) is 0.333. The van der Waals surface area contributed by atoms with E-state index < -0.39 is 5.97 Å². The molecule has 1 atom stereocenters. The zero-order valence-corrected chi connectivity index (χ0v) is 14.2. The zero-order valence-electron chi connectivity index (χ0n) is 14.2. The van der Waals surface area contributed by atoms with Crippen LogP contribution in [0.3, 0.4) is 0 Å². The summed E-state index contributed by atoms with van der Waals surface area (Å²) in [6.07, 6.45) is 4.35. The number of likely N-dealkylation sites (tertiary alicyclic amines) is 1. The Balaban J connectivity index is 1.60. The molecular formula is C18H20N4O4. The highest BCUT2D eigenvalue weighted by Gasteiger charge is 2.29. The number of hydrogen-bond acceptors (Lipinski definition) is 4. The van der Waals surface area contributed by atoms with Gasteiger partial charge in [-0.1, -0.05) is 18.2 Å². The van der Waals surface area contributed by atoms with E-state index in [-0.39, 0.29) is 24.3 Å². The molecule has 1 saturated heterocycles. The highest BCUT2D eigenvalue weighted by atomic mass is 16.4. The number of benzene rings is 1. The largest absolute Gasteiger partial charge is 0.480 e. The molecule has 0 spiro atoms. The Hall–Kier alpha value is -3.16. The molecule has 2 N–H and O–H groups in total. The van der Waals surface area contributed by atoms with Gasteiger partial charge in [-0.25, -0.2) is 0 Å².